The van der Waals surface area contributed by atoms with Gasteiger partial charge in [0.2, 0.25) is 5.91 Å². The second-order valence-corrected chi connectivity index (χ2v) is 5.69. The van der Waals surface area contributed by atoms with Gasteiger partial charge in [-0.3, -0.25) is 19.3 Å². The van der Waals surface area contributed by atoms with Gasteiger partial charge in [-0.2, -0.15) is 5.10 Å². The first-order chi connectivity index (χ1) is 11.5. The molecule has 0 bridgehead atoms. The fourth-order valence-electron chi connectivity index (χ4n) is 2.24. The molecule has 0 saturated heterocycles. The molecule has 0 radical (unpaired) electrons. The first-order valence-corrected chi connectivity index (χ1v) is 7.98. The van der Waals surface area contributed by atoms with Crippen LogP contribution in [-0.4, -0.2) is 40.3 Å². The number of carbonyl (C=O) groups excluding carboxylic acids is 2. The van der Waals surface area contributed by atoms with E-state index in [9.17, 15) is 9.59 Å². The molecule has 0 atom stereocenters. The Bertz CT molecular complexity index is 782. The average molecular weight is 348 g/mol. The molecule has 2 rings (SSSR count). The summed E-state index contributed by atoms with van der Waals surface area (Å²) in [6.45, 7) is 2.67. The molecule has 0 spiro atoms. The van der Waals surface area contributed by atoms with Crippen LogP contribution in [-0.2, 0) is 20.9 Å². The number of nitrogens with one attached hydrogen (secondary N) is 2. The first kappa shape index (κ1) is 17.9. The Hall–Kier alpha value is -2.48. The number of esters is 1. The molecule has 0 fully saturated rings. The minimum absolute atomic E-state index is 0.155. The lowest BCUT2D eigenvalue weighted by molar-refractivity contribution is -0.140. The van der Waals surface area contributed by atoms with Crippen LogP contribution in [0, 0.1) is 11.7 Å². The summed E-state index contributed by atoms with van der Waals surface area (Å²) in [5.41, 5.74) is 2.06. The van der Waals surface area contributed by atoms with Crippen molar-refractivity contribution in [2.45, 2.75) is 26.3 Å². The van der Waals surface area contributed by atoms with Gasteiger partial charge >= 0.3 is 5.97 Å². The third kappa shape index (κ3) is 4.76. The van der Waals surface area contributed by atoms with Crippen LogP contribution in [0.3, 0.4) is 0 Å². The number of nitrogens with zero attached hydrogens (tertiary/aromatic N) is 2. The van der Waals surface area contributed by atoms with Crippen molar-refractivity contribution in [2.24, 2.45) is 0 Å². The summed E-state index contributed by atoms with van der Waals surface area (Å²) in [6.07, 6.45) is 0.399. The van der Waals surface area contributed by atoms with Gasteiger partial charge in [-0.15, -0.1) is 0 Å². The van der Waals surface area contributed by atoms with Gasteiger partial charge in [0.15, 0.2) is 10.6 Å². The molecule has 0 saturated carbocycles. The second kappa shape index (κ2) is 8.39. The summed E-state index contributed by atoms with van der Waals surface area (Å²) in [5, 5.41) is 9.70. The highest BCUT2D eigenvalue weighted by Gasteiger charge is 2.11. The zero-order valence-electron chi connectivity index (χ0n) is 13.7. The van der Waals surface area contributed by atoms with Gasteiger partial charge in [0.25, 0.3) is 0 Å². The van der Waals surface area contributed by atoms with Crippen molar-refractivity contribution in [1.29, 1.82) is 0 Å². The number of rotatable bonds is 7. The van der Waals surface area contributed by atoms with Crippen LogP contribution in [0.4, 0.5) is 0 Å². The van der Waals surface area contributed by atoms with E-state index in [1.807, 2.05) is 31.2 Å². The normalized spacial score (nSPS) is 10.4. The van der Waals surface area contributed by atoms with Crippen molar-refractivity contribution < 1.29 is 14.3 Å². The molecule has 8 heteroatoms. The third-order valence-electron chi connectivity index (χ3n) is 3.48. The fraction of sp³-hybridized carbons (Fsp3) is 0.375. The summed E-state index contributed by atoms with van der Waals surface area (Å²) < 4.78 is 6.78. The van der Waals surface area contributed by atoms with E-state index in [0.717, 1.165) is 11.1 Å². The first-order valence-electron chi connectivity index (χ1n) is 7.57. The molecular weight excluding hydrogens is 328 g/mol. The Balaban J connectivity index is 1.98. The quantitative estimate of drug-likeness (QED) is 0.590. The fourth-order valence-corrected chi connectivity index (χ4v) is 2.46. The average Bonchev–Trinajstić information content (AvgIpc) is 2.93. The molecule has 2 aromatic rings. The van der Waals surface area contributed by atoms with E-state index >= 15 is 0 Å². The van der Waals surface area contributed by atoms with E-state index in [2.05, 4.69) is 20.3 Å². The standard InChI is InChI=1S/C16H20N4O3S/c1-11-4-3-5-12(10-11)15-18-19-16(24)20(15)9-7-13(21)17-8-6-14(22)23-2/h3-5,10H,6-9H2,1-2H3,(H,17,21)(H,19,24). The molecule has 2 N–H and O–H groups in total. The van der Waals surface area contributed by atoms with Crippen molar-refractivity contribution in [3.05, 3.63) is 34.6 Å². The van der Waals surface area contributed by atoms with Gasteiger partial charge in [-0.1, -0.05) is 23.8 Å². The van der Waals surface area contributed by atoms with E-state index in [1.54, 1.807) is 4.57 Å². The SMILES string of the molecule is COC(=O)CCNC(=O)CCn1c(-c2cccc(C)c2)n[nH]c1=S. The highest BCUT2D eigenvalue weighted by molar-refractivity contribution is 7.71. The number of aromatic amines is 1. The molecule has 24 heavy (non-hydrogen) atoms. The molecule has 0 aliphatic heterocycles. The topological polar surface area (TPSA) is 89.0 Å². The number of aromatic nitrogens is 3. The number of aryl methyl sites for hydroxylation is 1. The Morgan fingerprint density at radius 2 is 2.17 bits per heavy atom. The Morgan fingerprint density at radius 3 is 2.88 bits per heavy atom. The molecule has 128 valence electrons. The van der Waals surface area contributed by atoms with Gasteiger partial charge in [0, 0.05) is 25.1 Å². The van der Waals surface area contributed by atoms with Crippen LogP contribution in [0.2, 0.25) is 0 Å². The number of H-pyrrole nitrogens is 1. The van der Waals surface area contributed by atoms with Gasteiger partial charge in [0.05, 0.1) is 13.5 Å². The maximum atomic E-state index is 11.9. The molecule has 0 aliphatic rings. The second-order valence-electron chi connectivity index (χ2n) is 5.30. The number of ether oxygens (including phenoxy) is 1. The summed E-state index contributed by atoms with van der Waals surface area (Å²) in [7, 11) is 1.32. The van der Waals surface area contributed by atoms with Gasteiger partial charge in [-0.05, 0) is 25.2 Å². The van der Waals surface area contributed by atoms with E-state index in [1.165, 1.54) is 7.11 Å². The van der Waals surface area contributed by atoms with Crippen LogP contribution in [0.25, 0.3) is 11.4 Å². The molecule has 0 aliphatic carbocycles. The minimum Gasteiger partial charge on any atom is -0.469 e. The smallest absolute Gasteiger partial charge is 0.307 e. The van der Waals surface area contributed by atoms with Crippen molar-refractivity contribution in [3.8, 4) is 11.4 Å². The molecule has 0 unspecified atom stereocenters. The molecule has 1 aromatic carbocycles. The van der Waals surface area contributed by atoms with Crippen LogP contribution in [0.15, 0.2) is 24.3 Å². The van der Waals surface area contributed by atoms with Crippen LogP contribution < -0.4 is 5.32 Å². The Morgan fingerprint density at radius 1 is 1.38 bits per heavy atom. The lowest BCUT2D eigenvalue weighted by Crippen LogP contribution is -2.27. The summed E-state index contributed by atoms with van der Waals surface area (Å²) in [5.74, 6) is 0.192. The lowest BCUT2D eigenvalue weighted by atomic mass is 10.1. The predicted octanol–water partition coefficient (Wildman–Crippen LogP) is 1.99. The Kier molecular flexibility index (Phi) is 6.25. The number of carbonyl (C=O) groups is 2. The molecule has 1 heterocycles. The number of hydrogen-bond donors (Lipinski definition) is 2. The maximum absolute atomic E-state index is 11.9. The van der Waals surface area contributed by atoms with Crippen molar-refractivity contribution in [1.82, 2.24) is 20.1 Å². The van der Waals surface area contributed by atoms with E-state index < -0.39 is 0 Å². The highest BCUT2D eigenvalue weighted by Crippen LogP contribution is 2.18. The van der Waals surface area contributed by atoms with Crippen molar-refractivity contribution in [3.63, 3.8) is 0 Å². The Labute approximate surface area is 145 Å². The van der Waals surface area contributed by atoms with Gasteiger partial charge in [0.1, 0.15) is 0 Å². The summed E-state index contributed by atoms with van der Waals surface area (Å²) >= 11 is 5.25. The van der Waals surface area contributed by atoms with Gasteiger partial charge in [-0.25, -0.2) is 0 Å². The zero-order valence-corrected chi connectivity index (χ0v) is 14.5. The van der Waals surface area contributed by atoms with E-state index in [0.29, 0.717) is 17.1 Å². The number of benzene rings is 1. The lowest BCUT2D eigenvalue weighted by Gasteiger charge is -2.08. The largest absolute Gasteiger partial charge is 0.469 e. The minimum atomic E-state index is -0.353. The monoisotopic (exact) mass is 348 g/mol. The molecule has 1 aromatic heterocycles. The van der Waals surface area contributed by atoms with Crippen LogP contribution in [0.5, 0.6) is 0 Å². The zero-order chi connectivity index (χ0) is 17.5. The molecular formula is C16H20N4O3S. The van der Waals surface area contributed by atoms with Crippen LogP contribution >= 0.6 is 12.2 Å². The number of hydrogen-bond acceptors (Lipinski definition) is 5. The summed E-state index contributed by atoms with van der Waals surface area (Å²) in [4.78, 5) is 22.9. The van der Waals surface area contributed by atoms with E-state index in [4.69, 9.17) is 12.2 Å². The third-order valence-corrected chi connectivity index (χ3v) is 3.79. The summed E-state index contributed by atoms with van der Waals surface area (Å²) in [6, 6.07) is 7.92. The van der Waals surface area contributed by atoms with E-state index in [-0.39, 0.29) is 31.3 Å². The predicted molar refractivity (Wildman–Crippen MR) is 91.8 cm³/mol. The highest BCUT2D eigenvalue weighted by atomic mass is 32.1. The van der Waals surface area contributed by atoms with Crippen molar-refractivity contribution >= 4 is 24.1 Å². The van der Waals surface area contributed by atoms with Gasteiger partial charge < -0.3 is 10.1 Å². The van der Waals surface area contributed by atoms with Crippen molar-refractivity contribution in [2.75, 3.05) is 13.7 Å². The van der Waals surface area contributed by atoms with Crippen LogP contribution in [0.1, 0.15) is 18.4 Å². The number of amides is 1. The molecule has 1 amide bonds. The maximum Gasteiger partial charge on any atom is 0.307 e. The number of methoxy groups -OCH3 is 1. The molecule has 7 nitrogen and oxygen atoms in total.